The van der Waals surface area contributed by atoms with Crippen LogP contribution in [0.15, 0.2) is 34.9 Å². The van der Waals surface area contributed by atoms with Crippen LogP contribution < -0.4 is 5.32 Å². The number of nitrogens with zero attached hydrogens (tertiary/aromatic N) is 2. The molecule has 0 aliphatic rings. The molecule has 78 valence electrons. The van der Waals surface area contributed by atoms with Crippen molar-refractivity contribution in [2.45, 2.75) is 12.8 Å². The van der Waals surface area contributed by atoms with Gasteiger partial charge in [0.25, 0.3) is 0 Å². The molecule has 0 fully saturated rings. The first kappa shape index (κ1) is 9.71. The zero-order valence-electron chi connectivity index (χ0n) is 8.60. The van der Waals surface area contributed by atoms with E-state index in [1.165, 1.54) is 5.56 Å². The summed E-state index contributed by atoms with van der Waals surface area (Å²) in [6.45, 7) is 0. The van der Waals surface area contributed by atoms with E-state index >= 15 is 0 Å². The van der Waals surface area contributed by atoms with Gasteiger partial charge in [-0.1, -0.05) is 35.5 Å². The molecule has 0 bridgehead atoms. The lowest BCUT2D eigenvalue weighted by molar-refractivity contribution is 0.424. The lowest BCUT2D eigenvalue weighted by Gasteiger charge is -1.96. The van der Waals surface area contributed by atoms with Gasteiger partial charge in [-0.3, -0.25) is 0 Å². The molecule has 0 amide bonds. The van der Waals surface area contributed by atoms with Crippen LogP contribution in [0.5, 0.6) is 0 Å². The Morgan fingerprint density at radius 1 is 1.20 bits per heavy atom. The van der Waals surface area contributed by atoms with Gasteiger partial charge in [0.1, 0.15) is 0 Å². The van der Waals surface area contributed by atoms with Gasteiger partial charge in [-0.15, -0.1) is 0 Å². The van der Waals surface area contributed by atoms with Crippen molar-refractivity contribution in [3.8, 4) is 0 Å². The molecule has 1 aromatic carbocycles. The zero-order valence-corrected chi connectivity index (χ0v) is 8.60. The first-order valence-electron chi connectivity index (χ1n) is 4.93. The van der Waals surface area contributed by atoms with E-state index in [-0.39, 0.29) is 0 Å². The van der Waals surface area contributed by atoms with Gasteiger partial charge in [0, 0.05) is 13.5 Å². The lowest BCUT2D eigenvalue weighted by Crippen LogP contribution is -1.94. The summed E-state index contributed by atoms with van der Waals surface area (Å²) in [5.74, 6) is 0.739. The third-order valence-electron chi connectivity index (χ3n) is 2.16. The smallest absolute Gasteiger partial charge is 0.321 e. The largest absolute Gasteiger partial charge is 0.341 e. The summed E-state index contributed by atoms with van der Waals surface area (Å²) in [6.07, 6.45) is 1.73. The van der Waals surface area contributed by atoms with E-state index in [9.17, 15) is 0 Å². The normalized spacial score (nSPS) is 10.2. The Labute approximate surface area is 88.3 Å². The Morgan fingerprint density at radius 2 is 2.00 bits per heavy atom. The first-order valence-corrected chi connectivity index (χ1v) is 4.93. The van der Waals surface area contributed by atoms with Crippen molar-refractivity contribution in [2.24, 2.45) is 0 Å². The van der Waals surface area contributed by atoms with Crippen LogP contribution in [0.3, 0.4) is 0 Å². The Bertz CT molecular complexity index is 411. The van der Waals surface area contributed by atoms with Gasteiger partial charge in [-0.05, 0) is 12.0 Å². The number of hydrogen-bond donors (Lipinski definition) is 1. The van der Waals surface area contributed by atoms with Gasteiger partial charge in [0.2, 0.25) is 0 Å². The molecular formula is C11H13N3O. The molecule has 1 heterocycles. The SMILES string of the molecule is CNc1nc(CCc2ccccc2)no1. The van der Waals surface area contributed by atoms with Gasteiger partial charge in [0.05, 0.1) is 0 Å². The minimum Gasteiger partial charge on any atom is -0.341 e. The Morgan fingerprint density at radius 3 is 2.67 bits per heavy atom. The number of rotatable bonds is 4. The van der Waals surface area contributed by atoms with Crippen LogP contribution in [-0.4, -0.2) is 17.2 Å². The summed E-state index contributed by atoms with van der Waals surface area (Å²) in [7, 11) is 1.76. The van der Waals surface area contributed by atoms with Crippen molar-refractivity contribution in [1.82, 2.24) is 10.1 Å². The van der Waals surface area contributed by atoms with E-state index in [0.29, 0.717) is 6.01 Å². The molecule has 0 saturated heterocycles. The average Bonchev–Trinajstić information content (AvgIpc) is 2.76. The fraction of sp³-hybridized carbons (Fsp3) is 0.273. The molecule has 0 radical (unpaired) electrons. The van der Waals surface area contributed by atoms with Crippen LogP contribution in [0.25, 0.3) is 0 Å². The van der Waals surface area contributed by atoms with E-state index in [0.717, 1.165) is 18.7 Å². The Balaban J connectivity index is 1.93. The van der Waals surface area contributed by atoms with Crippen LogP contribution >= 0.6 is 0 Å². The predicted octanol–water partition coefficient (Wildman–Crippen LogP) is 1.90. The molecule has 2 aromatic rings. The summed E-state index contributed by atoms with van der Waals surface area (Å²) in [6, 6.07) is 10.7. The van der Waals surface area contributed by atoms with Crippen molar-refractivity contribution in [1.29, 1.82) is 0 Å². The number of nitrogens with one attached hydrogen (secondary N) is 1. The summed E-state index contributed by atoms with van der Waals surface area (Å²) in [5.41, 5.74) is 1.29. The third kappa shape index (κ3) is 2.56. The van der Waals surface area contributed by atoms with Crippen LogP contribution in [0.4, 0.5) is 6.01 Å². The van der Waals surface area contributed by atoms with E-state index in [1.54, 1.807) is 7.05 Å². The number of aryl methyl sites for hydroxylation is 2. The maximum absolute atomic E-state index is 4.93. The minimum absolute atomic E-state index is 0.470. The molecule has 1 N–H and O–H groups in total. The lowest BCUT2D eigenvalue weighted by atomic mass is 10.1. The standard InChI is InChI=1S/C11H13N3O/c1-12-11-13-10(14-15-11)8-7-9-5-3-2-4-6-9/h2-6H,7-8H2,1H3,(H,12,13,14). The summed E-state index contributed by atoms with van der Waals surface area (Å²) >= 11 is 0. The van der Waals surface area contributed by atoms with Crippen molar-refractivity contribution in [3.05, 3.63) is 41.7 Å². The fourth-order valence-electron chi connectivity index (χ4n) is 1.36. The van der Waals surface area contributed by atoms with E-state index < -0.39 is 0 Å². The molecule has 4 nitrogen and oxygen atoms in total. The van der Waals surface area contributed by atoms with Crippen LogP contribution in [0.2, 0.25) is 0 Å². The third-order valence-corrected chi connectivity index (χ3v) is 2.16. The summed E-state index contributed by atoms with van der Waals surface area (Å²) in [5, 5.41) is 6.66. The van der Waals surface area contributed by atoms with Crippen molar-refractivity contribution < 1.29 is 4.52 Å². The first-order chi connectivity index (χ1) is 7.38. The Kier molecular flexibility index (Phi) is 2.97. The molecule has 0 aliphatic carbocycles. The highest BCUT2D eigenvalue weighted by molar-refractivity contribution is 5.18. The number of hydrogen-bond acceptors (Lipinski definition) is 4. The quantitative estimate of drug-likeness (QED) is 0.824. The Hall–Kier alpha value is -1.84. The van der Waals surface area contributed by atoms with E-state index in [4.69, 9.17) is 4.52 Å². The molecule has 0 unspecified atom stereocenters. The van der Waals surface area contributed by atoms with E-state index in [1.807, 2.05) is 18.2 Å². The minimum atomic E-state index is 0.470. The van der Waals surface area contributed by atoms with E-state index in [2.05, 4.69) is 27.6 Å². The van der Waals surface area contributed by atoms with Crippen molar-refractivity contribution >= 4 is 6.01 Å². The predicted molar refractivity (Wildman–Crippen MR) is 57.7 cm³/mol. The second-order valence-corrected chi connectivity index (χ2v) is 3.25. The molecule has 0 atom stereocenters. The van der Waals surface area contributed by atoms with Crippen LogP contribution in [0.1, 0.15) is 11.4 Å². The summed E-state index contributed by atoms with van der Waals surface area (Å²) in [4.78, 5) is 4.15. The van der Waals surface area contributed by atoms with Gasteiger partial charge >= 0.3 is 6.01 Å². The monoisotopic (exact) mass is 203 g/mol. The molecule has 4 heteroatoms. The maximum Gasteiger partial charge on any atom is 0.321 e. The van der Waals surface area contributed by atoms with Crippen molar-refractivity contribution in [2.75, 3.05) is 12.4 Å². The molecular weight excluding hydrogens is 190 g/mol. The molecule has 2 rings (SSSR count). The average molecular weight is 203 g/mol. The second-order valence-electron chi connectivity index (χ2n) is 3.25. The molecule has 15 heavy (non-hydrogen) atoms. The highest BCUT2D eigenvalue weighted by Crippen LogP contribution is 2.06. The topological polar surface area (TPSA) is 51.0 Å². The highest BCUT2D eigenvalue weighted by Gasteiger charge is 2.03. The van der Waals surface area contributed by atoms with Crippen LogP contribution in [0, 0.1) is 0 Å². The van der Waals surface area contributed by atoms with Crippen molar-refractivity contribution in [3.63, 3.8) is 0 Å². The fourth-order valence-corrected chi connectivity index (χ4v) is 1.36. The number of benzene rings is 1. The highest BCUT2D eigenvalue weighted by atomic mass is 16.5. The van der Waals surface area contributed by atoms with Gasteiger partial charge in [0.15, 0.2) is 5.82 Å². The van der Waals surface area contributed by atoms with Gasteiger partial charge in [-0.25, -0.2) is 0 Å². The zero-order chi connectivity index (χ0) is 10.5. The molecule has 0 aliphatic heterocycles. The van der Waals surface area contributed by atoms with Crippen LogP contribution in [-0.2, 0) is 12.8 Å². The van der Waals surface area contributed by atoms with Gasteiger partial charge in [-0.2, -0.15) is 4.98 Å². The maximum atomic E-state index is 4.93. The number of anilines is 1. The molecule has 1 aromatic heterocycles. The van der Waals surface area contributed by atoms with Gasteiger partial charge < -0.3 is 9.84 Å². The molecule has 0 spiro atoms. The summed E-state index contributed by atoms with van der Waals surface area (Å²) < 4.78 is 4.93. The molecule has 0 saturated carbocycles. The number of aromatic nitrogens is 2. The second kappa shape index (κ2) is 4.59.